The molecule has 2 aromatic carbocycles. The molecule has 5 nitrogen and oxygen atoms in total. The lowest BCUT2D eigenvalue weighted by molar-refractivity contribution is -0.256. The number of fused-ring (bicyclic) bond motifs is 2. The number of nitrogens with zero attached hydrogens (tertiary/aromatic N) is 1. The summed E-state index contributed by atoms with van der Waals surface area (Å²) in [6.07, 6.45) is 1.53. The van der Waals surface area contributed by atoms with E-state index in [1.807, 2.05) is 55.5 Å². The second kappa shape index (κ2) is 7.09. The molecule has 26 heavy (non-hydrogen) atoms. The van der Waals surface area contributed by atoms with E-state index >= 15 is 0 Å². The third-order valence-electron chi connectivity index (χ3n) is 4.85. The van der Waals surface area contributed by atoms with Gasteiger partial charge in [-0.3, -0.25) is 4.79 Å². The van der Waals surface area contributed by atoms with Crippen LogP contribution in [-0.4, -0.2) is 32.3 Å². The second-order valence-corrected chi connectivity index (χ2v) is 6.61. The minimum absolute atomic E-state index is 0.130. The third-order valence-corrected chi connectivity index (χ3v) is 4.85. The van der Waals surface area contributed by atoms with Crippen LogP contribution in [0.3, 0.4) is 0 Å². The SMILES string of the molecule is Cc1ccccc1OCCCN1C(=O)C2(OCCCO2)c2ccccc21. The molecule has 2 aliphatic rings. The van der Waals surface area contributed by atoms with Crippen molar-refractivity contribution >= 4 is 11.6 Å². The Morgan fingerprint density at radius 2 is 1.81 bits per heavy atom. The lowest BCUT2D eigenvalue weighted by Crippen LogP contribution is -2.47. The molecule has 4 rings (SSSR count). The van der Waals surface area contributed by atoms with E-state index in [2.05, 4.69) is 0 Å². The van der Waals surface area contributed by atoms with Gasteiger partial charge < -0.3 is 19.1 Å². The first-order chi connectivity index (χ1) is 12.7. The standard InChI is InChI=1S/C21H23NO4/c1-16-8-2-5-11-19(16)24-13-6-12-22-18-10-4-3-9-17(18)21(20(22)23)25-14-7-15-26-21/h2-5,8-11H,6-7,12-15H2,1H3. The Kier molecular flexibility index (Phi) is 4.66. The van der Waals surface area contributed by atoms with Gasteiger partial charge in [0.15, 0.2) is 0 Å². The molecule has 0 radical (unpaired) electrons. The summed E-state index contributed by atoms with van der Waals surface area (Å²) in [4.78, 5) is 14.9. The normalized spacial score (nSPS) is 18.2. The highest BCUT2D eigenvalue weighted by Crippen LogP contribution is 2.44. The number of carbonyl (C=O) groups excluding carboxylic acids is 1. The van der Waals surface area contributed by atoms with Gasteiger partial charge in [0.1, 0.15) is 5.75 Å². The predicted molar refractivity (Wildman–Crippen MR) is 98.3 cm³/mol. The number of hydrogen-bond acceptors (Lipinski definition) is 4. The van der Waals surface area contributed by atoms with Gasteiger partial charge in [0.2, 0.25) is 0 Å². The first kappa shape index (κ1) is 17.1. The molecule has 0 aromatic heterocycles. The molecular formula is C21H23NO4. The molecule has 1 amide bonds. The van der Waals surface area contributed by atoms with Crippen molar-refractivity contribution in [1.29, 1.82) is 0 Å². The van der Waals surface area contributed by atoms with Crippen LogP contribution in [0.4, 0.5) is 5.69 Å². The predicted octanol–water partition coefficient (Wildman–Crippen LogP) is 3.40. The second-order valence-electron chi connectivity index (χ2n) is 6.61. The summed E-state index contributed by atoms with van der Waals surface area (Å²) in [6, 6.07) is 15.7. The lowest BCUT2D eigenvalue weighted by atomic mass is 10.1. The summed E-state index contributed by atoms with van der Waals surface area (Å²) in [7, 11) is 0. The number of anilines is 1. The Hall–Kier alpha value is -2.37. The van der Waals surface area contributed by atoms with Crippen LogP contribution in [0.15, 0.2) is 48.5 Å². The van der Waals surface area contributed by atoms with E-state index in [0.29, 0.717) is 26.4 Å². The fraction of sp³-hybridized carbons (Fsp3) is 0.381. The summed E-state index contributed by atoms with van der Waals surface area (Å²) in [5.74, 6) is -0.503. The van der Waals surface area contributed by atoms with E-state index in [1.54, 1.807) is 4.90 Å². The highest BCUT2D eigenvalue weighted by molar-refractivity contribution is 6.06. The van der Waals surface area contributed by atoms with E-state index in [9.17, 15) is 4.79 Å². The largest absolute Gasteiger partial charge is 0.493 e. The first-order valence-corrected chi connectivity index (χ1v) is 9.10. The summed E-state index contributed by atoms with van der Waals surface area (Å²) < 4.78 is 17.5. The van der Waals surface area contributed by atoms with Crippen LogP contribution in [0.2, 0.25) is 0 Å². The number of rotatable bonds is 5. The van der Waals surface area contributed by atoms with Crippen molar-refractivity contribution in [2.24, 2.45) is 0 Å². The van der Waals surface area contributed by atoms with E-state index in [0.717, 1.165) is 35.4 Å². The molecule has 2 aliphatic heterocycles. The van der Waals surface area contributed by atoms with Crippen molar-refractivity contribution in [3.05, 3.63) is 59.7 Å². The number of amides is 1. The molecule has 1 saturated heterocycles. The van der Waals surface area contributed by atoms with Crippen LogP contribution in [-0.2, 0) is 20.1 Å². The molecule has 1 spiro atoms. The van der Waals surface area contributed by atoms with E-state index < -0.39 is 5.79 Å². The monoisotopic (exact) mass is 353 g/mol. The van der Waals surface area contributed by atoms with Crippen LogP contribution >= 0.6 is 0 Å². The van der Waals surface area contributed by atoms with Gasteiger partial charge in [-0.15, -0.1) is 0 Å². The Balaban J connectivity index is 1.45. The van der Waals surface area contributed by atoms with Crippen LogP contribution in [0.1, 0.15) is 24.0 Å². The molecule has 0 aliphatic carbocycles. The van der Waals surface area contributed by atoms with Crippen LogP contribution < -0.4 is 9.64 Å². The van der Waals surface area contributed by atoms with Crippen molar-refractivity contribution in [2.75, 3.05) is 31.3 Å². The van der Waals surface area contributed by atoms with Crippen LogP contribution in [0.25, 0.3) is 0 Å². The fourth-order valence-electron chi connectivity index (χ4n) is 3.55. The number of aryl methyl sites for hydroxylation is 1. The number of ether oxygens (including phenoxy) is 3. The third kappa shape index (κ3) is 2.87. The Bertz CT molecular complexity index is 798. The molecule has 0 bridgehead atoms. The lowest BCUT2D eigenvalue weighted by Gasteiger charge is -2.32. The van der Waals surface area contributed by atoms with Gasteiger partial charge in [0.25, 0.3) is 11.7 Å². The van der Waals surface area contributed by atoms with Gasteiger partial charge in [-0.25, -0.2) is 0 Å². The van der Waals surface area contributed by atoms with Gasteiger partial charge in [-0.2, -0.15) is 0 Å². The summed E-state index contributed by atoms with van der Waals surface area (Å²) >= 11 is 0. The average Bonchev–Trinajstić information content (AvgIpc) is 2.90. The number of carbonyl (C=O) groups is 1. The molecule has 0 N–H and O–H groups in total. The minimum Gasteiger partial charge on any atom is -0.493 e. The maximum Gasteiger partial charge on any atom is 0.292 e. The quantitative estimate of drug-likeness (QED) is 0.773. The fourth-order valence-corrected chi connectivity index (χ4v) is 3.55. The number of para-hydroxylation sites is 2. The van der Waals surface area contributed by atoms with Crippen molar-refractivity contribution in [1.82, 2.24) is 0 Å². The molecule has 1 fully saturated rings. The van der Waals surface area contributed by atoms with Gasteiger partial charge in [-0.1, -0.05) is 36.4 Å². The van der Waals surface area contributed by atoms with Gasteiger partial charge >= 0.3 is 0 Å². The van der Waals surface area contributed by atoms with E-state index in [1.165, 1.54) is 0 Å². The average molecular weight is 353 g/mol. The highest BCUT2D eigenvalue weighted by Gasteiger charge is 2.54. The zero-order valence-corrected chi connectivity index (χ0v) is 14.9. The van der Waals surface area contributed by atoms with Crippen LogP contribution in [0, 0.1) is 6.92 Å². The van der Waals surface area contributed by atoms with E-state index in [4.69, 9.17) is 14.2 Å². The summed E-state index contributed by atoms with van der Waals surface area (Å²) in [5.41, 5.74) is 2.79. The molecule has 2 heterocycles. The maximum absolute atomic E-state index is 13.1. The smallest absolute Gasteiger partial charge is 0.292 e. The molecule has 0 atom stereocenters. The van der Waals surface area contributed by atoms with Crippen molar-refractivity contribution in [3.8, 4) is 5.75 Å². The highest BCUT2D eigenvalue weighted by atomic mass is 16.7. The molecular weight excluding hydrogens is 330 g/mol. The Labute approximate surface area is 153 Å². The Morgan fingerprint density at radius 3 is 2.62 bits per heavy atom. The van der Waals surface area contributed by atoms with Crippen molar-refractivity contribution < 1.29 is 19.0 Å². The van der Waals surface area contributed by atoms with Gasteiger partial charge in [0, 0.05) is 12.1 Å². The van der Waals surface area contributed by atoms with Crippen molar-refractivity contribution in [3.63, 3.8) is 0 Å². The topological polar surface area (TPSA) is 48.0 Å². The van der Waals surface area contributed by atoms with Gasteiger partial charge in [0.05, 0.1) is 25.5 Å². The Morgan fingerprint density at radius 1 is 1.08 bits per heavy atom. The number of benzene rings is 2. The molecule has 0 saturated carbocycles. The summed E-state index contributed by atoms with van der Waals surface area (Å²) in [5, 5.41) is 0. The van der Waals surface area contributed by atoms with E-state index in [-0.39, 0.29) is 5.91 Å². The first-order valence-electron chi connectivity index (χ1n) is 9.10. The molecule has 136 valence electrons. The van der Waals surface area contributed by atoms with Gasteiger partial charge in [-0.05, 0) is 37.5 Å². The van der Waals surface area contributed by atoms with Crippen LogP contribution in [0.5, 0.6) is 5.75 Å². The zero-order valence-electron chi connectivity index (χ0n) is 14.9. The minimum atomic E-state index is -1.26. The molecule has 2 aromatic rings. The maximum atomic E-state index is 13.1. The number of hydrogen-bond donors (Lipinski definition) is 0. The van der Waals surface area contributed by atoms with Crippen molar-refractivity contribution in [2.45, 2.75) is 25.6 Å². The molecule has 5 heteroatoms. The zero-order chi connectivity index (χ0) is 18.0. The molecule has 0 unspecified atom stereocenters. The summed E-state index contributed by atoms with van der Waals surface area (Å²) in [6.45, 7) is 4.20.